The van der Waals surface area contributed by atoms with Crippen LogP contribution in [0.5, 0.6) is 5.75 Å². The molecule has 1 aliphatic carbocycles. The molecule has 0 unspecified atom stereocenters. The molecule has 2 N–H and O–H groups in total. The molecule has 0 radical (unpaired) electrons. The predicted molar refractivity (Wildman–Crippen MR) is 99.3 cm³/mol. The van der Waals surface area contributed by atoms with Gasteiger partial charge in [-0.3, -0.25) is 9.59 Å². The SMILES string of the molecule is COc1ccc2[nH]c(C(=O)N(C)[C@H]3C[C@H]4CNC(=O)C[C@H]4C3)c(C)c2c1. The van der Waals surface area contributed by atoms with Crippen molar-refractivity contribution >= 4 is 22.7 Å². The second-order valence-corrected chi connectivity index (χ2v) is 7.61. The Balaban J connectivity index is 1.56. The summed E-state index contributed by atoms with van der Waals surface area (Å²) in [6.07, 6.45) is 2.46. The van der Waals surface area contributed by atoms with Crippen molar-refractivity contribution in [1.82, 2.24) is 15.2 Å². The van der Waals surface area contributed by atoms with Gasteiger partial charge >= 0.3 is 0 Å². The molecule has 2 heterocycles. The molecule has 0 spiro atoms. The number of aromatic nitrogens is 1. The Kier molecular flexibility index (Phi) is 4.13. The minimum absolute atomic E-state index is 0.0144. The number of piperidine rings is 1. The van der Waals surface area contributed by atoms with Crippen LogP contribution in [0.4, 0.5) is 0 Å². The summed E-state index contributed by atoms with van der Waals surface area (Å²) in [5.41, 5.74) is 2.53. The van der Waals surface area contributed by atoms with Gasteiger partial charge in [-0.15, -0.1) is 0 Å². The van der Waals surface area contributed by atoms with Crippen LogP contribution in [0.3, 0.4) is 0 Å². The van der Waals surface area contributed by atoms with Gasteiger partial charge in [-0.1, -0.05) is 0 Å². The standard InChI is InChI=1S/C20H25N3O3/c1-11-16-9-15(26-3)4-5-17(16)22-19(11)20(25)23(2)14-6-12-8-18(24)21-10-13(12)7-14/h4-5,9,12-14,22H,6-8,10H2,1-3H3,(H,21,24)/t12-,13+,14-/m1/s1. The van der Waals surface area contributed by atoms with Crippen LogP contribution in [0.1, 0.15) is 35.3 Å². The number of fused-ring (bicyclic) bond motifs is 2. The summed E-state index contributed by atoms with van der Waals surface area (Å²) < 4.78 is 5.30. The van der Waals surface area contributed by atoms with E-state index in [0.29, 0.717) is 24.0 Å². The fraction of sp³-hybridized carbons (Fsp3) is 0.500. The highest BCUT2D eigenvalue weighted by atomic mass is 16.5. The number of rotatable bonds is 3. The second-order valence-electron chi connectivity index (χ2n) is 7.61. The van der Waals surface area contributed by atoms with Crippen molar-refractivity contribution in [3.8, 4) is 5.75 Å². The highest BCUT2D eigenvalue weighted by molar-refractivity contribution is 6.01. The lowest BCUT2D eigenvalue weighted by Crippen LogP contribution is -2.38. The number of carbonyl (C=O) groups is 2. The lowest BCUT2D eigenvalue weighted by atomic mass is 9.89. The third-order valence-corrected chi connectivity index (χ3v) is 6.17. The molecule has 26 heavy (non-hydrogen) atoms. The first-order valence-electron chi connectivity index (χ1n) is 9.18. The first-order chi connectivity index (χ1) is 12.5. The average molecular weight is 355 g/mol. The summed E-state index contributed by atoms with van der Waals surface area (Å²) in [6.45, 7) is 2.71. The van der Waals surface area contributed by atoms with E-state index < -0.39 is 0 Å². The van der Waals surface area contributed by atoms with Crippen molar-refractivity contribution in [3.63, 3.8) is 0 Å². The molecule has 1 aromatic heterocycles. The number of aromatic amines is 1. The first-order valence-corrected chi connectivity index (χ1v) is 9.18. The van der Waals surface area contributed by atoms with Crippen molar-refractivity contribution < 1.29 is 14.3 Å². The first kappa shape index (κ1) is 16.9. The van der Waals surface area contributed by atoms with Crippen LogP contribution < -0.4 is 10.1 Å². The van der Waals surface area contributed by atoms with Crippen LogP contribution in [-0.4, -0.2) is 48.4 Å². The molecule has 6 heteroatoms. The van der Waals surface area contributed by atoms with E-state index in [1.807, 2.05) is 37.1 Å². The van der Waals surface area contributed by atoms with Gasteiger partial charge in [0.25, 0.3) is 5.91 Å². The monoisotopic (exact) mass is 355 g/mol. The third kappa shape index (κ3) is 2.73. The molecular weight excluding hydrogens is 330 g/mol. The van der Waals surface area contributed by atoms with Crippen LogP contribution >= 0.6 is 0 Å². The Morgan fingerprint density at radius 2 is 2.04 bits per heavy atom. The maximum atomic E-state index is 13.1. The molecule has 4 rings (SSSR count). The number of hydrogen-bond donors (Lipinski definition) is 2. The Bertz CT molecular complexity index is 873. The van der Waals surface area contributed by atoms with Crippen LogP contribution in [0.2, 0.25) is 0 Å². The molecule has 0 bridgehead atoms. The number of methoxy groups -OCH3 is 1. The van der Waals surface area contributed by atoms with E-state index in [9.17, 15) is 9.59 Å². The molecule has 1 saturated heterocycles. The second kappa shape index (κ2) is 6.34. The van der Waals surface area contributed by atoms with Gasteiger partial charge in [0.2, 0.25) is 5.91 Å². The molecule has 6 nitrogen and oxygen atoms in total. The van der Waals surface area contributed by atoms with Gasteiger partial charge in [0.05, 0.1) is 7.11 Å². The summed E-state index contributed by atoms with van der Waals surface area (Å²) in [5, 5.41) is 3.96. The molecule has 3 atom stereocenters. The van der Waals surface area contributed by atoms with E-state index >= 15 is 0 Å². The Labute approximate surface area is 152 Å². The summed E-state index contributed by atoms with van der Waals surface area (Å²) in [5.74, 6) is 1.82. The molecule has 2 fully saturated rings. The quantitative estimate of drug-likeness (QED) is 0.888. The zero-order valence-electron chi connectivity index (χ0n) is 15.5. The molecule has 2 amide bonds. The van der Waals surface area contributed by atoms with Crippen molar-refractivity contribution in [1.29, 1.82) is 0 Å². The average Bonchev–Trinajstić information content (AvgIpc) is 3.21. The lowest BCUT2D eigenvalue weighted by Gasteiger charge is -2.24. The number of ether oxygens (including phenoxy) is 1. The van der Waals surface area contributed by atoms with Crippen molar-refractivity contribution in [2.75, 3.05) is 20.7 Å². The number of nitrogens with one attached hydrogen (secondary N) is 2. The smallest absolute Gasteiger partial charge is 0.270 e. The van der Waals surface area contributed by atoms with Crippen molar-refractivity contribution in [3.05, 3.63) is 29.5 Å². The number of amides is 2. The minimum atomic E-state index is 0.0144. The summed E-state index contributed by atoms with van der Waals surface area (Å²) in [7, 11) is 3.52. The Morgan fingerprint density at radius 3 is 2.81 bits per heavy atom. The topological polar surface area (TPSA) is 74.4 Å². The van der Waals surface area contributed by atoms with Gasteiger partial charge in [-0.2, -0.15) is 0 Å². The van der Waals surface area contributed by atoms with Crippen LogP contribution in [0.25, 0.3) is 10.9 Å². The van der Waals surface area contributed by atoms with Gasteiger partial charge in [-0.05, 0) is 55.4 Å². The van der Waals surface area contributed by atoms with Crippen LogP contribution in [0, 0.1) is 18.8 Å². The normalized spacial score (nSPS) is 25.0. The molecule has 1 saturated carbocycles. The predicted octanol–water partition coefficient (Wildman–Crippen LogP) is 2.47. The van der Waals surface area contributed by atoms with E-state index in [-0.39, 0.29) is 17.9 Å². The largest absolute Gasteiger partial charge is 0.497 e. The number of benzene rings is 1. The molecule has 1 aliphatic heterocycles. The zero-order valence-corrected chi connectivity index (χ0v) is 15.5. The molecule has 138 valence electrons. The zero-order chi connectivity index (χ0) is 18.4. The van der Waals surface area contributed by atoms with Gasteiger partial charge in [0.15, 0.2) is 0 Å². The van der Waals surface area contributed by atoms with E-state index in [1.54, 1.807) is 7.11 Å². The number of aryl methyl sites for hydroxylation is 1. The fourth-order valence-electron chi connectivity index (χ4n) is 4.54. The van der Waals surface area contributed by atoms with Crippen LogP contribution in [-0.2, 0) is 4.79 Å². The van der Waals surface area contributed by atoms with E-state index in [1.165, 1.54) is 0 Å². The van der Waals surface area contributed by atoms with Crippen molar-refractivity contribution in [2.45, 2.75) is 32.2 Å². The van der Waals surface area contributed by atoms with E-state index in [2.05, 4.69) is 10.3 Å². The van der Waals surface area contributed by atoms with Gasteiger partial charge < -0.3 is 19.9 Å². The Hall–Kier alpha value is -2.50. The lowest BCUT2D eigenvalue weighted by molar-refractivity contribution is -0.124. The molecule has 2 aromatic rings. The summed E-state index contributed by atoms with van der Waals surface area (Å²) >= 11 is 0. The Morgan fingerprint density at radius 1 is 1.27 bits per heavy atom. The molecule has 2 aliphatic rings. The van der Waals surface area contributed by atoms with Crippen molar-refractivity contribution in [2.24, 2.45) is 11.8 Å². The highest BCUT2D eigenvalue weighted by Crippen LogP contribution is 2.38. The summed E-state index contributed by atoms with van der Waals surface area (Å²) in [4.78, 5) is 29.9. The minimum Gasteiger partial charge on any atom is -0.497 e. The highest BCUT2D eigenvalue weighted by Gasteiger charge is 2.41. The number of H-pyrrole nitrogens is 1. The summed E-state index contributed by atoms with van der Waals surface area (Å²) in [6, 6.07) is 5.98. The molecule has 1 aromatic carbocycles. The van der Waals surface area contributed by atoms with Gasteiger partial charge in [0.1, 0.15) is 11.4 Å². The maximum absolute atomic E-state index is 13.1. The van der Waals surface area contributed by atoms with Crippen LogP contribution in [0.15, 0.2) is 18.2 Å². The third-order valence-electron chi connectivity index (χ3n) is 6.17. The number of carbonyl (C=O) groups excluding carboxylic acids is 2. The van der Waals surface area contributed by atoms with E-state index in [4.69, 9.17) is 4.74 Å². The van der Waals surface area contributed by atoms with Gasteiger partial charge in [0, 0.05) is 37.0 Å². The fourth-order valence-corrected chi connectivity index (χ4v) is 4.54. The molecular formula is C20H25N3O3. The number of hydrogen-bond acceptors (Lipinski definition) is 3. The number of nitrogens with zero attached hydrogens (tertiary/aromatic N) is 1. The van der Waals surface area contributed by atoms with E-state index in [0.717, 1.165) is 41.6 Å². The van der Waals surface area contributed by atoms with Gasteiger partial charge in [-0.25, -0.2) is 0 Å². The maximum Gasteiger partial charge on any atom is 0.270 e.